The number of imide groups is 1. The maximum absolute atomic E-state index is 12.8. The summed E-state index contributed by atoms with van der Waals surface area (Å²) in [6.07, 6.45) is 5.97. The smallest absolute Gasteiger partial charge is 0.271 e. The van der Waals surface area contributed by atoms with Crippen LogP contribution < -0.4 is 4.90 Å². The van der Waals surface area contributed by atoms with Crippen LogP contribution in [0.4, 0.5) is 0 Å². The van der Waals surface area contributed by atoms with Crippen molar-refractivity contribution < 1.29 is 18.9 Å². The van der Waals surface area contributed by atoms with Crippen LogP contribution in [0.5, 0.6) is 0 Å². The Bertz CT molecular complexity index is 900. The van der Waals surface area contributed by atoms with Crippen molar-refractivity contribution in [2.24, 2.45) is 11.8 Å². The predicted octanol–water partition coefficient (Wildman–Crippen LogP) is 2.07. The van der Waals surface area contributed by atoms with E-state index < -0.39 is 0 Å². The summed E-state index contributed by atoms with van der Waals surface area (Å²) < 4.78 is 5.86. The number of hydrogen-bond acceptors (Lipinski definition) is 5. The molecule has 0 spiro atoms. The summed E-state index contributed by atoms with van der Waals surface area (Å²) in [5, 5.41) is 8.99. The number of nitrogens with zero attached hydrogens (tertiary/aromatic N) is 3. The number of rotatable bonds is 6. The van der Waals surface area contributed by atoms with Gasteiger partial charge in [0.15, 0.2) is 13.2 Å². The molecule has 2 aromatic rings. The first-order valence-corrected chi connectivity index (χ1v) is 10.8. The van der Waals surface area contributed by atoms with Gasteiger partial charge in [-0.3, -0.25) is 9.59 Å². The van der Waals surface area contributed by atoms with Gasteiger partial charge in [0, 0.05) is 23.4 Å². The van der Waals surface area contributed by atoms with Gasteiger partial charge in [0.2, 0.25) is 17.7 Å². The number of quaternary nitrogens is 1. The molecule has 29 heavy (non-hydrogen) atoms. The molecule has 3 aliphatic rings. The van der Waals surface area contributed by atoms with Crippen LogP contribution >= 0.6 is 11.6 Å². The second kappa shape index (κ2) is 7.54. The highest BCUT2D eigenvalue weighted by Crippen LogP contribution is 2.37. The van der Waals surface area contributed by atoms with E-state index in [9.17, 15) is 9.59 Å². The summed E-state index contributed by atoms with van der Waals surface area (Å²) in [6.45, 7) is 0.908. The van der Waals surface area contributed by atoms with E-state index >= 15 is 0 Å². The molecule has 3 fully saturated rings. The largest absolute Gasteiger partial charge is 0.415 e. The highest BCUT2D eigenvalue weighted by Gasteiger charge is 2.50. The Hall–Kier alpha value is -2.25. The van der Waals surface area contributed by atoms with E-state index in [1.165, 1.54) is 4.90 Å². The van der Waals surface area contributed by atoms with Crippen molar-refractivity contribution in [1.82, 2.24) is 15.1 Å². The molecule has 1 saturated heterocycles. The summed E-state index contributed by atoms with van der Waals surface area (Å²) in [5.74, 6) is 0.809. The Balaban J connectivity index is 1.30. The number of likely N-dealkylation sites (tertiary alicyclic amines) is 1. The highest BCUT2D eigenvalue weighted by atomic mass is 35.5. The number of benzene rings is 1. The molecule has 1 aliphatic heterocycles. The van der Waals surface area contributed by atoms with Gasteiger partial charge in [0.25, 0.3) is 5.89 Å². The van der Waals surface area contributed by atoms with Gasteiger partial charge in [-0.2, -0.15) is 0 Å². The first-order chi connectivity index (χ1) is 14.1. The van der Waals surface area contributed by atoms with Crippen LogP contribution in [0.2, 0.25) is 5.02 Å². The molecule has 0 radical (unpaired) electrons. The molecule has 2 heterocycles. The molecule has 152 valence electrons. The molecule has 0 bridgehead atoms. The zero-order valence-electron chi connectivity index (χ0n) is 16.1. The zero-order chi connectivity index (χ0) is 20.0. The molecular formula is C21H24ClN4O3+. The van der Waals surface area contributed by atoms with Gasteiger partial charge in [-0.05, 0) is 37.1 Å². The second-order valence-electron chi connectivity index (χ2n) is 8.38. The Morgan fingerprint density at radius 3 is 2.28 bits per heavy atom. The summed E-state index contributed by atoms with van der Waals surface area (Å²) in [5.41, 5.74) is 0.815. The lowest BCUT2D eigenvalue weighted by Gasteiger charge is -2.23. The zero-order valence-corrected chi connectivity index (χ0v) is 16.9. The normalized spacial score (nSPS) is 25.3. The van der Waals surface area contributed by atoms with Crippen LogP contribution in [0.1, 0.15) is 44.4 Å². The molecular weight excluding hydrogens is 392 g/mol. The standard InChI is InChI=1S/C21H23ClN4O3/c22-14-7-5-13(6-8-14)19-24-23-18(29-19)11-25(15-9-10-15)12-26-20(27)16-3-1-2-4-17(16)21(26)28/h5-8,15-17H,1-4,9-12H2/p+1/t16-,17-/m0/s1. The number of carbonyl (C=O) groups excluding carboxylic acids is 2. The van der Waals surface area contributed by atoms with Crippen LogP contribution in [-0.2, 0) is 16.1 Å². The van der Waals surface area contributed by atoms with Crippen molar-refractivity contribution >= 4 is 23.4 Å². The highest BCUT2D eigenvalue weighted by molar-refractivity contribution is 6.30. The van der Waals surface area contributed by atoms with Gasteiger partial charge >= 0.3 is 0 Å². The topological polar surface area (TPSA) is 80.7 Å². The van der Waals surface area contributed by atoms with Crippen LogP contribution in [0.3, 0.4) is 0 Å². The van der Waals surface area contributed by atoms with E-state index in [2.05, 4.69) is 10.2 Å². The average Bonchev–Trinajstić information content (AvgIpc) is 3.44. The van der Waals surface area contributed by atoms with Crippen molar-refractivity contribution in [2.75, 3.05) is 6.67 Å². The Labute approximate surface area is 174 Å². The third-order valence-corrected chi connectivity index (χ3v) is 6.64. The lowest BCUT2D eigenvalue weighted by atomic mass is 9.81. The van der Waals surface area contributed by atoms with Crippen LogP contribution in [0.15, 0.2) is 28.7 Å². The van der Waals surface area contributed by atoms with E-state index in [1.807, 2.05) is 12.1 Å². The third-order valence-electron chi connectivity index (χ3n) is 6.38. The Morgan fingerprint density at radius 1 is 1.00 bits per heavy atom. The number of amides is 2. The second-order valence-corrected chi connectivity index (χ2v) is 8.81. The maximum Gasteiger partial charge on any atom is 0.271 e. The number of halogens is 1. The first-order valence-electron chi connectivity index (χ1n) is 10.4. The fraction of sp³-hybridized carbons (Fsp3) is 0.524. The van der Waals surface area contributed by atoms with Gasteiger partial charge in [-0.1, -0.05) is 24.4 Å². The monoisotopic (exact) mass is 415 g/mol. The fourth-order valence-corrected chi connectivity index (χ4v) is 4.77. The van der Waals surface area contributed by atoms with E-state index in [1.54, 1.807) is 12.1 Å². The summed E-state index contributed by atoms with van der Waals surface area (Å²) >= 11 is 5.94. The minimum absolute atomic E-state index is 0.0187. The van der Waals surface area contributed by atoms with E-state index in [0.717, 1.165) is 49.0 Å². The van der Waals surface area contributed by atoms with E-state index in [4.69, 9.17) is 16.0 Å². The van der Waals surface area contributed by atoms with Gasteiger partial charge in [-0.25, -0.2) is 4.90 Å². The first kappa shape index (κ1) is 18.8. The number of aromatic nitrogens is 2. The van der Waals surface area contributed by atoms with Gasteiger partial charge < -0.3 is 9.32 Å². The molecule has 1 N–H and O–H groups in total. The molecule has 1 unspecified atom stereocenters. The number of nitrogens with one attached hydrogen (secondary N) is 1. The van der Waals surface area contributed by atoms with Gasteiger partial charge in [-0.15, -0.1) is 10.2 Å². The van der Waals surface area contributed by atoms with Crippen molar-refractivity contribution in [3.8, 4) is 11.5 Å². The Kier molecular flexibility index (Phi) is 4.87. The van der Waals surface area contributed by atoms with Crippen LogP contribution in [0, 0.1) is 11.8 Å². The minimum Gasteiger partial charge on any atom is -0.415 e. The van der Waals surface area contributed by atoms with Crippen molar-refractivity contribution in [1.29, 1.82) is 0 Å². The third kappa shape index (κ3) is 3.69. The summed E-state index contributed by atoms with van der Waals surface area (Å²) in [4.78, 5) is 28.3. The molecule has 7 nitrogen and oxygen atoms in total. The van der Waals surface area contributed by atoms with Crippen molar-refractivity contribution in [2.45, 2.75) is 51.1 Å². The van der Waals surface area contributed by atoms with Gasteiger partial charge in [0.05, 0.1) is 17.9 Å². The lowest BCUT2D eigenvalue weighted by Crippen LogP contribution is -3.13. The van der Waals surface area contributed by atoms with Crippen LogP contribution in [-0.4, -0.2) is 39.6 Å². The van der Waals surface area contributed by atoms with Crippen molar-refractivity contribution in [3.63, 3.8) is 0 Å². The lowest BCUT2D eigenvalue weighted by molar-refractivity contribution is -0.933. The fourth-order valence-electron chi connectivity index (χ4n) is 4.64. The SMILES string of the molecule is O=C1[C@H]2CCCC[C@@H]2C(=O)N1C[NH+](Cc1nnc(-c2ccc(Cl)cc2)o1)C1CC1. The van der Waals surface area contributed by atoms with Crippen molar-refractivity contribution in [3.05, 3.63) is 35.2 Å². The number of fused-ring (bicyclic) bond motifs is 1. The molecule has 1 aromatic heterocycles. The average molecular weight is 416 g/mol. The summed E-state index contributed by atoms with van der Waals surface area (Å²) in [6, 6.07) is 7.69. The van der Waals surface area contributed by atoms with Gasteiger partial charge in [0.1, 0.15) is 0 Å². The molecule has 3 atom stereocenters. The predicted molar refractivity (Wildman–Crippen MR) is 105 cm³/mol. The molecule has 2 saturated carbocycles. The molecule has 8 heteroatoms. The van der Waals surface area contributed by atoms with Crippen LogP contribution in [0.25, 0.3) is 11.5 Å². The quantitative estimate of drug-likeness (QED) is 0.730. The van der Waals surface area contributed by atoms with E-state index in [-0.39, 0.29) is 23.7 Å². The summed E-state index contributed by atoms with van der Waals surface area (Å²) in [7, 11) is 0. The molecule has 1 aromatic carbocycles. The molecule has 2 amide bonds. The number of carbonyl (C=O) groups is 2. The van der Waals surface area contributed by atoms with E-state index in [0.29, 0.717) is 36.1 Å². The number of hydrogen-bond donors (Lipinski definition) is 1. The maximum atomic E-state index is 12.8. The Morgan fingerprint density at radius 2 is 1.66 bits per heavy atom. The molecule has 2 aliphatic carbocycles. The molecule has 5 rings (SSSR count). The minimum atomic E-state index is -0.100.